The van der Waals surface area contributed by atoms with Crippen LogP contribution >= 0.6 is 22.7 Å². The van der Waals surface area contributed by atoms with Gasteiger partial charge in [-0.15, -0.1) is 34.5 Å². The van der Waals surface area contributed by atoms with Gasteiger partial charge in [-0.25, -0.2) is 4.79 Å². The fourth-order valence-electron chi connectivity index (χ4n) is 3.23. The van der Waals surface area contributed by atoms with Crippen molar-refractivity contribution < 1.29 is 9.90 Å². The van der Waals surface area contributed by atoms with Crippen LogP contribution in [0.5, 0.6) is 0 Å². The molecule has 4 aromatic rings. The number of rotatable bonds is 6. The molecule has 0 saturated heterocycles. The second-order valence-electron chi connectivity index (χ2n) is 7.26. The van der Waals surface area contributed by atoms with Crippen molar-refractivity contribution in [1.82, 2.24) is 9.97 Å². The van der Waals surface area contributed by atoms with E-state index in [1.165, 1.54) is 6.20 Å². The Kier molecular flexibility index (Phi) is 7.70. The molecule has 4 nitrogen and oxygen atoms in total. The highest BCUT2D eigenvalue weighted by Gasteiger charge is 2.12. The van der Waals surface area contributed by atoms with Crippen LogP contribution in [-0.4, -0.2) is 21.0 Å². The lowest BCUT2D eigenvalue weighted by Crippen LogP contribution is -2.02. The van der Waals surface area contributed by atoms with Crippen molar-refractivity contribution in [3.8, 4) is 35.1 Å². The summed E-state index contributed by atoms with van der Waals surface area (Å²) in [7, 11) is 0. The molecule has 4 aromatic heterocycles. The second kappa shape index (κ2) is 11.3. The monoisotopic (exact) mass is 492 g/mol. The van der Waals surface area contributed by atoms with E-state index in [2.05, 4.69) is 33.6 Å². The highest BCUT2D eigenvalue weighted by Crippen LogP contribution is 2.24. The van der Waals surface area contributed by atoms with Crippen LogP contribution in [-0.2, 0) is 0 Å². The maximum Gasteiger partial charge on any atom is 0.337 e. The molecule has 0 aromatic carbocycles. The van der Waals surface area contributed by atoms with Crippen LogP contribution in [0, 0.1) is 23.7 Å². The fourth-order valence-corrected chi connectivity index (χ4v) is 4.86. The molecule has 0 aliphatic heterocycles. The third kappa shape index (κ3) is 6.22. The Balaban J connectivity index is 1.62. The van der Waals surface area contributed by atoms with Gasteiger partial charge in [-0.3, -0.25) is 9.97 Å². The lowest BCUT2D eigenvalue weighted by molar-refractivity contribution is 0.0696. The molecule has 0 saturated carbocycles. The Morgan fingerprint density at radius 1 is 0.829 bits per heavy atom. The third-order valence-electron chi connectivity index (χ3n) is 4.83. The summed E-state index contributed by atoms with van der Waals surface area (Å²) in [6.45, 7) is 3.62. The van der Waals surface area contributed by atoms with E-state index in [1.54, 1.807) is 47.9 Å². The summed E-state index contributed by atoms with van der Waals surface area (Å²) in [6, 6.07) is 13.6. The van der Waals surface area contributed by atoms with Gasteiger partial charge in [0.2, 0.25) is 0 Å². The van der Waals surface area contributed by atoms with Gasteiger partial charge in [-0.05, 0) is 79.6 Å². The number of carbonyl (C=O) groups is 1. The van der Waals surface area contributed by atoms with E-state index in [9.17, 15) is 9.90 Å². The van der Waals surface area contributed by atoms with Crippen LogP contribution in [0.25, 0.3) is 35.7 Å². The van der Waals surface area contributed by atoms with Crippen LogP contribution < -0.4 is 0 Å². The van der Waals surface area contributed by atoms with E-state index in [0.717, 1.165) is 25.1 Å². The maximum absolute atomic E-state index is 11.8. The zero-order chi connectivity index (χ0) is 24.6. The zero-order valence-corrected chi connectivity index (χ0v) is 20.7. The Bertz CT molecular complexity index is 1570. The smallest absolute Gasteiger partial charge is 0.337 e. The summed E-state index contributed by atoms with van der Waals surface area (Å²) in [5.41, 5.74) is 2.93. The first-order valence-corrected chi connectivity index (χ1v) is 12.3. The van der Waals surface area contributed by atoms with Crippen molar-refractivity contribution in [2.75, 3.05) is 0 Å². The second-order valence-corrected chi connectivity index (χ2v) is 9.49. The molecular weight excluding hydrogens is 472 g/mol. The standard InChI is InChI=1S/C29H20N2O2S2/c1-3-5-22-11-13-24(34-22)9-7-20-15-16-30-27(17-20)28-18-21(26(19-31-28)29(32)33)8-10-25-14-12-23(35-25)6-4-2/h7-19H,1-2H3,(H,32,33)/b9-7+,10-8+. The molecule has 0 radical (unpaired) electrons. The van der Waals surface area contributed by atoms with Gasteiger partial charge < -0.3 is 5.11 Å². The normalized spacial score (nSPS) is 10.7. The highest BCUT2D eigenvalue weighted by molar-refractivity contribution is 7.13. The molecule has 0 fully saturated rings. The first-order chi connectivity index (χ1) is 17.1. The largest absolute Gasteiger partial charge is 0.478 e. The molecule has 0 atom stereocenters. The van der Waals surface area contributed by atoms with E-state index in [1.807, 2.05) is 61.5 Å². The fraction of sp³-hybridized carbons (Fsp3) is 0.0690. The molecule has 4 heterocycles. The number of hydrogen-bond donors (Lipinski definition) is 1. The van der Waals surface area contributed by atoms with Gasteiger partial charge in [-0.1, -0.05) is 24.0 Å². The van der Waals surface area contributed by atoms with Crippen molar-refractivity contribution in [2.45, 2.75) is 13.8 Å². The summed E-state index contributed by atoms with van der Waals surface area (Å²) >= 11 is 3.18. The van der Waals surface area contributed by atoms with Crippen LogP contribution in [0.1, 0.15) is 54.8 Å². The van der Waals surface area contributed by atoms with Gasteiger partial charge in [0.1, 0.15) is 0 Å². The average Bonchev–Trinajstić information content (AvgIpc) is 3.51. The predicted molar refractivity (Wildman–Crippen MR) is 146 cm³/mol. The van der Waals surface area contributed by atoms with Crippen molar-refractivity contribution in [3.05, 3.63) is 91.1 Å². The van der Waals surface area contributed by atoms with Crippen LogP contribution in [0.2, 0.25) is 0 Å². The van der Waals surface area contributed by atoms with Gasteiger partial charge in [0.15, 0.2) is 0 Å². The van der Waals surface area contributed by atoms with Gasteiger partial charge in [0.25, 0.3) is 0 Å². The predicted octanol–water partition coefficient (Wildman–Crippen LogP) is 7.05. The molecule has 0 bridgehead atoms. The molecule has 4 rings (SSSR count). The van der Waals surface area contributed by atoms with E-state index in [0.29, 0.717) is 17.0 Å². The summed E-state index contributed by atoms with van der Waals surface area (Å²) in [5, 5.41) is 9.63. The number of pyridine rings is 2. The maximum atomic E-state index is 11.8. The minimum absolute atomic E-state index is 0.134. The van der Waals surface area contributed by atoms with Crippen molar-refractivity contribution in [3.63, 3.8) is 0 Å². The quantitative estimate of drug-likeness (QED) is 0.293. The van der Waals surface area contributed by atoms with Gasteiger partial charge in [0.05, 0.1) is 26.7 Å². The Hall–Kier alpha value is -4.23. The lowest BCUT2D eigenvalue weighted by atomic mass is 10.1. The molecule has 0 amide bonds. The molecule has 6 heteroatoms. The molecule has 170 valence electrons. The number of carboxylic acids is 1. The molecule has 0 spiro atoms. The third-order valence-corrected chi connectivity index (χ3v) is 6.76. The first kappa shape index (κ1) is 23.9. The number of nitrogens with zero attached hydrogens (tertiary/aromatic N) is 2. The van der Waals surface area contributed by atoms with Crippen LogP contribution in [0.15, 0.2) is 54.9 Å². The minimum atomic E-state index is -1.03. The highest BCUT2D eigenvalue weighted by atomic mass is 32.1. The van der Waals surface area contributed by atoms with Crippen LogP contribution in [0.3, 0.4) is 0 Å². The number of thiophene rings is 2. The topological polar surface area (TPSA) is 63.1 Å². The summed E-state index contributed by atoms with van der Waals surface area (Å²) < 4.78 is 0. The van der Waals surface area contributed by atoms with Crippen LogP contribution in [0.4, 0.5) is 0 Å². The van der Waals surface area contributed by atoms with Gasteiger partial charge in [-0.2, -0.15) is 0 Å². The van der Waals surface area contributed by atoms with Crippen molar-refractivity contribution >= 4 is 52.9 Å². The number of aromatic carboxylic acids is 1. The summed E-state index contributed by atoms with van der Waals surface area (Å²) in [5.74, 6) is 10.9. The minimum Gasteiger partial charge on any atom is -0.478 e. The number of hydrogen-bond acceptors (Lipinski definition) is 5. The Labute approximate surface area is 212 Å². The molecule has 1 N–H and O–H groups in total. The van der Waals surface area contributed by atoms with Gasteiger partial charge in [0, 0.05) is 22.1 Å². The SMILES string of the molecule is CC#Cc1ccc(/C=C/c2ccnc(-c3cc(/C=C/c4ccc(C#CC)s4)c(C(=O)O)cn3)c2)s1. The van der Waals surface area contributed by atoms with E-state index >= 15 is 0 Å². The number of aromatic nitrogens is 2. The summed E-state index contributed by atoms with van der Waals surface area (Å²) in [4.78, 5) is 24.7. The van der Waals surface area contributed by atoms with E-state index < -0.39 is 5.97 Å². The molecule has 0 unspecified atom stereocenters. The van der Waals surface area contributed by atoms with Gasteiger partial charge >= 0.3 is 5.97 Å². The van der Waals surface area contributed by atoms with Crippen molar-refractivity contribution in [2.24, 2.45) is 0 Å². The zero-order valence-electron chi connectivity index (χ0n) is 19.1. The van der Waals surface area contributed by atoms with E-state index in [4.69, 9.17) is 0 Å². The molecule has 0 aliphatic carbocycles. The molecule has 0 aliphatic rings. The first-order valence-electron chi connectivity index (χ1n) is 10.7. The average molecular weight is 493 g/mol. The Morgan fingerprint density at radius 2 is 1.46 bits per heavy atom. The number of carboxylic acid groups (broad SMARTS) is 1. The Morgan fingerprint density at radius 3 is 2.09 bits per heavy atom. The van der Waals surface area contributed by atoms with Crippen molar-refractivity contribution in [1.29, 1.82) is 0 Å². The molecular formula is C29H20N2O2S2. The summed E-state index contributed by atoms with van der Waals surface area (Å²) in [6.07, 6.45) is 10.8. The lowest BCUT2D eigenvalue weighted by Gasteiger charge is -2.06. The molecule has 35 heavy (non-hydrogen) atoms. The van der Waals surface area contributed by atoms with E-state index in [-0.39, 0.29) is 5.56 Å².